The van der Waals surface area contributed by atoms with Gasteiger partial charge >= 0.3 is 0 Å². The van der Waals surface area contributed by atoms with Gasteiger partial charge < -0.3 is 4.90 Å². The highest BCUT2D eigenvalue weighted by molar-refractivity contribution is 6.31. The van der Waals surface area contributed by atoms with Gasteiger partial charge in [0.15, 0.2) is 0 Å². The minimum atomic E-state index is 0.809. The smallest absolute Gasteiger partial charge is 0.0451 e. The summed E-state index contributed by atoms with van der Waals surface area (Å²) in [5, 5.41) is 0.884. The predicted octanol–water partition coefficient (Wildman–Crippen LogP) is 4.53. The molecule has 120 valence electrons. The molecule has 21 heavy (non-hydrogen) atoms. The molecule has 1 aromatic carbocycles. The molecule has 1 aromatic rings. The van der Waals surface area contributed by atoms with Crippen LogP contribution in [-0.4, -0.2) is 43.5 Å². The third kappa shape index (κ3) is 8.45. The van der Waals surface area contributed by atoms with Crippen molar-refractivity contribution in [3.05, 3.63) is 34.9 Å². The predicted molar refractivity (Wildman–Crippen MR) is 94.0 cm³/mol. The molecule has 0 N–H and O–H groups in total. The van der Waals surface area contributed by atoms with Gasteiger partial charge in [0.05, 0.1) is 0 Å². The average molecular weight is 311 g/mol. The first-order valence-electron chi connectivity index (χ1n) is 8.09. The van der Waals surface area contributed by atoms with Gasteiger partial charge in [-0.05, 0) is 44.6 Å². The minimum absolute atomic E-state index is 0.809. The van der Waals surface area contributed by atoms with E-state index in [0.717, 1.165) is 37.1 Å². The second kappa shape index (κ2) is 10.2. The van der Waals surface area contributed by atoms with E-state index in [9.17, 15) is 0 Å². The number of hydrogen-bond donors (Lipinski definition) is 0. The lowest BCUT2D eigenvalue weighted by molar-refractivity contribution is 0.228. The molecule has 0 aromatic heterocycles. The second-order valence-electron chi connectivity index (χ2n) is 6.56. The summed E-state index contributed by atoms with van der Waals surface area (Å²) in [5.41, 5.74) is 1.24. The molecule has 0 aliphatic heterocycles. The Kier molecular flexibility index (Phi) is 8.98. The van der Waals surface area contributed by atoms with E-state index in [2.05, 4.69) is 49.9 Å². The van der Waals surface area contributed by atoms with Gasteiger partial charge in [-0.2, -0.15) is 0 Å². The Balaban J connectivity index is 2.49. The fraction of sp³-hybridized carbons (Fsp3) is 0.667. The Hall–Kier alpha value is -0.570. The van der Waals surface area contributed by atoms with E-state index in [-0.39, 0.29) is 0 Å². The highest BCUT2D eigenvalue weighted by Gasteiger charge is 2.09. The lowest BCUT2D eigenvalue weighted by Gasteiger charge is -2.24. The quantitative estimate of drug-likeness (QED) is 0.586. The molecule has 0 aliphatic carbocycles. The number of hydrogen-bond acceptors (Lipinski definition) is 2. The van der Waals surface area contributed by atoms with E-state index in [4.69, 9.17) is 11.6 Å². The maximum Gasteiger partial charge on any atom is 0.0451 e. The van der Waals surface area contributed by atoms with Crippen LogP contribution in [0.2, 0.25) is 5.02 Å². The molecule has 0 unspecified atom stereocenters. The molecule has 0 amide bonds. The zero-order chi connectivity index (χ0) is 15.7. The van der Waals surface area contributed by atoms with Crippen LogP contribution in [0.25, 0.3) is 0 Å². The summed E-state index contributed by atoms with van der Waals surface area (Å²) < 4.78 is 0. The van der Waals surface area contributed by atoms with Crippen molar-refractivity contribution in [2.75, 3.05) is 33.7 Å². The molecule has 0 radical (unpaired) electrons. The molecule has 0 bridgehead atoms. The molecule has 2 nitrogen and oxygen atoms in total. The highest BCUT2D eigenvalue weighted by Crippen LogP contribution is 2.17. The topological polar surface area (TPSA) is 6.48 Å². The molecular weight excluding hydrogens is 280 g/mol. The van der Waals surface area contributed by atoms with E-state index in [1.807, 2.05) is 12.1 Å². The normalized spacial score (nSPS) is 11.8. The fourth-order valence-corrected chi connectivity index (χ4v) is 2.56. The first-order valence-corrected chi connectivity index (χ1v) is 8.47. The third-order valence-electron chi connectivity index (χ3n) is 3.72. The van der Waals surface area contributed by atoms with Crippen LogP contribution in [0.15, 0.2) is 24.3 Å². The van der Waals surface area contributed by atoms with Gasteiger partial charge in [0.25, 0.3) is 0 Å². The van der Waals surface area contributed by atoms with Gasteiger partial charge in [-0.1, -0.05) is 56.5 Å². The van der Waals surface area contributed by atoms with Crippen LogP contribution in [0.3, 0.4) is 0 Å². The Morgan fingerprint density at radius 2 is 1.71 bits per heavy atom. The Bertz CT molecular complexity index is 391. The molecule has 0 saturated carbocycles. The zero-order valence-corrected chi connectivity index (χ0v) is 14.9. The van der Waals surface area contributed by atoms with Crippen molar-refractivity contribution in [2.24, 2.45) is 5.92 Å². The fourth-order valence-electron chi connectivity index (χ4n) is 2.37. The van der Waals surface area contributed by atoms with Crippen LogP contribution in [0.4, 0.5) is 0 Å². The van der Waals surface area contributed by atoms with Gasteiger partial charge in [-0.3, -0.25) is 4.90 Å². The first kappa shape index (κ1) is 18.5. The largest absolute Gasteiger partial charge is 0.308 e. The van der Waals surface area contributed by atoms with Gasteiger partial charge in [0, 0.05) is 24.7 Å². The van der Waals surface area contributed by atoms with Crippen molar-refractivity contribution in [1.29, 1.82) is 0 Å². The van der Waals surface area contributed by atoms with Crippen LogP contribution in [0.5, 0.6) is 0 Å². The summed E-state index contributed by atoms with van der Waals surface area (Å²) in [6, 6.07) is 8.20. The van der Waals surface area contributed by atoms with Crippen molar-refractivity contribution in [3.8, 4) is 0 Å². The maximum atomic E-state index is 6.30. The Morgan fingerprint density at radius 1 is 1.00 bits per heavy atom. The lowest BCUT2D eigenvalue weighted by atomic mass is 10.1. The monoisotopic (exact) mass is 310 g/mol. The molecule has 1 rings (SSSR count). The van der Waals surface area contributed by atoms with E-state index >= 15 is 0 Å². The summed E-state index contributed by atoms with van der Waals surface area (Å²) in [5.74, 6) is 0.809. The van der Waals surface area contributed by atoms with Crippen molar-refractivity contribution in [2.45, 2.75) is 39.7 Å². The SMILES string of the molecule is CC(C)CCCCN(CCN(C)C)Cc1ccccc1Cl. The van der Waals surface area contributed by atoms with Crippen LogP contribution in [0.1, 0.15) is 38.7 Å². The van der Waals surface area contributed by atoms with E-state index in [0.29, 0.717) is 0 Å². The summed E-state index contributed by atoms with van der Waals surface area (Å²) in [4.78, 5) is 4.77. The molecule has 0 heterocycles. The number of likely N-dealkylation sites (N-methyl/N-ethyl adjacent to an activating group) is 1. The van der Waals surface area contributed by atoms with Crippen LogP contribution < -0.4 is 0 Å². The molecule has 0 saturated heterocycles. The number of benzene rings is 1. The highest BCUT2D eigenvalue weighted by atomic mass is 35.5. The Labute approximate surface area is 136 Å². The summed E-state index contributed by atoms with van der Waals surface area (Å²) in [6.45, 7) is 8.90. The third-order valence-corrected chi connectivity index (χ3v) is 4.09. The molecule has 3 heteroatoms. The number of halogens is 1. The second-order valence-corrected chi connectivity index (χ2v) is 6.97. The van der Waals surface area contributed by atoms with Crippen molar-refractivity contribution in [1.82, 2.24) is 9.80 Å². The van der Waals surface area contributed by atoms with E-state index < -0.39 is 0 Å². The van der Waals surface area contributed by atoms with Crippen LogP contribution in [0, 0.1) is 5.92 Å². The van der Waals surface area contributed by atoms with Crippen molar-refractivity contribution >= 4 is 11.6 Å². The van der Waals surface area contributed by atoms with Crippen LogP contribution >= 0.6 is 11.6 Å². The molecule has 0 aliphatic rings. The standard InChI is InChI=1S/C18H31ClN2/c1-16(2)9-7-8-12-21(14-13-20(3)4)15-17-10-5-6-11-18(17)19/h5-6,10-11,16H,7-9,12-15H2,1-4H3. The molecular formula is C18H31ClN2. The van der Waals surface area contributed by atoms with Gasteiger partial charge in [-0.25, -0.2) is 0 Å². The van der Waals surface area contributed by atoms with Crippen molar-refractivity contribution < 1.29 is 0 Å². The molecule has 0 spiro atoms. The zero-order valence-electron chi connectivity index (χ0n) is 14.1. The van der Waals surface area contributed by atoms with E-state index in [1.165, 1.54) is 24.8 Å². The maximum absolute atomic E-state index is 6.30. The van der Waals surface area contributed by atoms with Crippen molar-refractivity contribution in [3.63, 3.8) is 0 Å². The van der Waals surface area contributed by atoms with Gasteiger partial charge in [-0.15, -0.1) is 0 Å². The number of rotatable bonds is 10. The van der Waals surface area contributed by atoms with Crippen LogP contribution in [-0.2, 0) is 6.54 Å². The first-order chi connectivity index (χ1) is 9.99. The molecule has 0 fully saturated rings. The van der Waals surface area contributed by atoms with Gasteiger partial charge in [0.1, 0.15) is 0 Å². The van der Waals surface area contributed by atoms with E-state index in [1.54, 1.807) is 0 Å². The summed E-state index contributed by atoms with van der Waals surface area (Å²) in [6.07, 6.45) is 3.92. The Morgan fingerprint density at radius 3 is 2.33 bits per heavy atom. The summed E-state index contributed by atoms with van der Waals surface area (Å²) in [7, 11) is 4.26. The lowest BCUT2D eigenvalue weighted by Crippen LogP contribution is -2.32. The number of nitrogens with zero attached hydrogens (tertiary/aromatic N) is 2. The molecule has 0 atom stereocenters. The number of unbranched alkanes of at least 4 members (excludes halogenated alkanes) is 1. The minimum Gasteiger partial charge on any atom is -0.308 e. The van der Waals surface area contributed by atoms with Gasteiger partial charge in [0.2, 0.25) is 0 Å². The summed E-state index contributed by atoms with van der Waals surface area (Å²) >= 11 is 6.30. The average Bonchev–Trinajstić information content (AvgIpc) is 2.42.